The van der Waals surface area contributed by atoms with Crippen LogP contribution in [0.5, 0.6) is 11.5 Å². The Balaban J connectivity index is 1.60. The second-order valence-corrected chi connectivity index (χ2v) is 6.69. The van der Waals surface area contributed by atoms with Crippen molar-refractivity contribution < 1.29 is 19.1 Å². The van der Waals surface area contributed by atoms with Crippen molar-refractivity contribution in [2.24, 2.45) is 5.92 Å². The number of carbonyl (C=O) groups excluding carboxylic acids is 2. The van der Waals surface area contributed by atoms with Gasteiger partial charge >= 0.3 is 0 Å². The molecule has 2 fully saturated rings. The Kier molecular flexibility index (Phi) is 5.46. The fraction of sp³-hybridized carbons (Fsp3) is 0.579. The zero-order valence-corrected chi connectivity index (χ0v) is 15.0. The van der Waals surface area contributed by atoms with Crippen molar-refractivity contribution in [1.82, 2.24) is 9.80 Å². The number of methoxy groups -OCH3 is 2. The normalized spacial score (nSPS) is 17.8. The molecule has 0 N–H and O–H groups in total. The molecule has 136 valence electrons. The maximum Gasteiger partial charge on any atom is 0.227 e. The molecular formula is C19H26N2O4. The molecule has 1 heterocycles. The van der Waals surface area contributed by atoms with Crippen molar-refractivity contribution in [3.05, 3.63) is 23.8 Å². The summed E-state index contributed by atoms with van der Waals surface area (Å²) in [6.07, 6.45) is 3.18. The number of amides is 2. The maximum atomic E-state index is 12.7. The summed E-state index contributed by atoms with van der Waals surface area (Å²) >= 11 is 0. The van der Waals surface area contributed by atoms with E-state index in [9.17, 15) is 9.59 Å². The zero-order valence-electron chi connectivity index (χ0n) is 15.0. The molecule has 0 spiro atoms. The second kappa shape index (κ2) is 7.76. The number of hydrogen-bond donors (Lipinski definition) is 0. The van der Waals surface area contributed by atoms with Crippen molar-refractivity contribution in [3.8, 4) is 11.5 Å². The SMILES string of the molecule is COc1ccc(CC(=O)N2CCCN(C(=O)C3CC3)CC2)c(OC)c1. The van der Waals surface area contributed by atoms with Crippen LogP contribution in [0.4, 0.5) is 0 Å². The number of rotatable bonds is 5. The van der Waals surface area contributed by atoms with Gasteiger partial charge in [0.05, 0.1) is 20.6 Å². The lowest BCUT2D eigenvalue weighted by Gasteiger charge is -2.22. The highest BCUT2D eigenvalue weighted by Gasteiger charge is 2.34. The third-order valence-corrected chi connectivity index (χ3v) is 4.92. The fourth-order valence-electron chi connectivity index (χ4n) is 3.25. The monoisotopic (exact) mass is 346 g/mol. The number of carbonyl (C=O) groups is 2. The molecule has 1 aliphatic carbocycles. The van der Waals surface area contributed by atoms with Gasteiger partial charge in [0.25, 0.3) is 0 Å². The average molecular weight is 346 g/mol. The van der Waals surface area contributed by atoms with Crippen molar-refractivity contribution >= 4 is 11.8 Å². The highest BCUT2D eigenvalue weighted by atomic mass is 16.5. The van der Waals surface area contributed by atoms with Gasteiger partial charge < -0.3 is 19.3 Å². The highest BCUT2D eigenvalue weighted by molar-refractivity contribution is 5.82. The molecule has 0 atom stereocenters. The summed E-state index contributed by atoms with van der Waals surface area (Å²) < 4.78 is 10.6. The van der Waals surface area contributed by atoms with Crippen molar-refractivity contribution in [1.29, 1.82) is 0 Å². The molecule has 2 amide bonds. The summed E-state index contributed by atoms with van der Waals surface area (Å²) in [5, 5.41) is 0. The topological polar surface area (TPSA) is 59.1 Å². The molecule has 1 saturated carbocycles. The predicted octanol–water partition coefficient (Wildman–Crippen LogP) is 1.72. The fourth-order valence-corrected chi connectivity index (χ4v) is 3.25. The second-order valence-electron chi connectivity index (χ2n) is 6.69. The predicted molar refractivity (Wildman–Crippen MR) is 93.8 cm³/mol. The van der Waals surface area contributed by atoms with Crippen molar-refractivity contribution in [3.63, 3.8) is 0 Å². The van der Waals surface area contributed by atoms with E-state index in [1.54, 1.807) is 20.3 Å². The van der Waals surface area contributed by atoms with Crippen LogP contribution in [-0.2, 0) is 16.0 Å². The Morgan fingerprint density at radius 3 is 2.44 bits per heavy atom. The van der Waals surface area contributed by atoms with Gasteiger partial charge in [0.2, 0.25) is 11.8 Å². The minimum Gasteiger partial charge on any atom is -0.497 e. The third kappa shape index (κ3) is 4.24. The van der Waals surface area contributed by atoms with Gasteiger partial charge in [-0.15, -0.1) is 0 Å². The molecule has 1 aliphatic heterocycles. The van der Waals surface area contributed by atoms with E-state index in [1.807, 2.05) is 21.9 Å². The maximum absolute atomic E-state index is 12.7. The summed E-state index contributed by atoms with van der Waals surface area (Å²) in [6, 6.07) is 5.50. The molecule has 6 heteroatoms. The first kappa shape index (κ1) is 17.6. The Morgan fingerprint density at radius 1 is 1.04 bits per heavy atom. The van der Waals surface area contributed by atoms with Gasteiger partial charge in [0, 0.05) is 43.7 Å². The smallest absolute Gasteiger partial charge is 0.227 e. The molecule has 0 unspecified atom stereocenters. The molecule has 1 aromatic carbocycles. The Bertz CT molecular complexity index is 642. The van der Waals surface area contributed by atoms with E-state index in [2.05, 4.69) is 0 Å². The Morgan fingerprint density at radius 2 is 1.76 bits per heavy atom. The average Bonchev–Trinajstić information content (AvgIpc) is 3.47. The quantitative estimate of drug-likeness (QED) is 0.814. The number of nitrogens with zero attached hydrogens (tertiary/aromatic N) is 2. The van der Waals surface area contributed by atoms with Gasteiger partial charge in [-0.1, -0.05) is 6.07 Å². The molecular weight excluding hydrogens is 320 g/mol. The first-order chi connectivity index (χ1) is 12.1. The van der Waals surface area contributed by atoms with E-state index in [0.717, 1.165) is 31.4 Å². The van der Waals surface area contributed by atoms with Crippen LogP contribution in [0, 0.1) is 5.92 Å². The molecule has 25 heavy (non-hydrogen) atoms. The third-order valence-electron chi connectivity index (χ3n) is 4.92. The molecule has 1 saturated heterocycles. The lowest BCUT2D eigenvalue weighted by atomic mass is 10.1. The summed E-state index contributed by atoms with van der Waals surface area (Å²) in [5.41, 5.74) is 0.850. The number of ether oxygens (including phenoxy) is 2. The minimum absolute atomic E-state index is 0.0733. The van der Waals surface area contributed by atoms with E-state index in [4.69, 9.17) is 9.47 Å². The Hall–Kier alpha value is -2.24. The summed E-state index contributed by atoms with van der Waals surface area (Å²) in [7, 11) is 3.20. The number of benzene rings is 1. The van der Waals surface area contributed by atoms with Crippen LogP contribution in [-0.4, -0.2) is 62.0 Å². The van der Waals surface area contributed by atoms with Gasteiger partial charge in [-0.3, -0.25) is 9.59 Å². The first-order valence-electron chi connectivity index (χ1n) is 8.90. The largest absolute Gasteiger partial charge is 0.497 e. The summed E-state index contributed by atoms with van der Waals surface area (Å²) in [6.45, 7) is 2.70. The van der Waals surface area contributed by atoms with Crippen molar-refractivity contribution in [2.45, 2.75) is 25.7 Å². The van der Waals surface area contributed by atoms with Crippen LogP contribution in [0.25, 0.3) is 0 Å². The molecule has 2 aliphatic rings. The molecule has 3 rings (SSSR count). The molecule has 0 aromatic heterocycles. The van der Waals surface area contributed by atoms with E-state index in [1.165, 1.54) is 0 Å². The van der Waals surface area contributed by atoms with Crippen LogP contribution >= 0.6 is 0 Å². The van der Waals surface area contributed by atoms with Crippen LogP contribution in [0.1, 0.15) is 24.8 Å². The van der Waals surface area contributed by atoms with Gasteiger partial charge in [-0.05, 0) is 25.3 Å². The van der Waals surface area contributed by atoms with Gasteiger partial charge in [0.1, 0.15) is 11.5 Å². The standard InChI is InChI=1S/C19H26N2O4/c1-24-16-7-6-15(17(13-16)25-2)12-18(22)20-8-3-9-21(11-10-20)19(23)14-4-5-14/h6-7,13-14H,3-5,8-12H2,1-2H3. The highest BCUT2D eigenvalue weighted by Crippen LogP contribution is 2.31. The van der Waals surface area contributed by atoms with Gasteiger partial charge in [-0.2, -0.15) is 0 Å². The summed E-state index contributed by atoms with van der Waals surface area (Å²) in [5.74, 6) is 1.95. The zero-order chi connectivity index (χ0) is 17.8. The molecule has 6 nitrogen and oxygen atoms in total. The van der Waals surface area contributed by atoms with Crippen LogP contribution in [0.2, 0.25) is 0 Å². The minimum atomic E-state index is 0.0733. The Labute approximate surface area is 148 Å². The molecule has 0 radical (unpaired) electrons. The van der Waals surface area contributed by atoms with E-state index in [-0.39, 0.29) is 17.7 Å². The van der Waals surface area contributed by atoms with Crippen LogP contribution in [0.3, 0.4) is 0 Å². The van der Waals surface area contributed by atoms with Crippen LogP contribution in [0.15, 0.2) is 18.2 Å². The van der Waals surface area contributed by atoms with E-state index < -0.39 is 0 Å². The van der Waals surface area contributed by atoms with Gasteiger partial charge in [-0.25, -0.2) is 0 Å². The summed E-state index contributed by atoms with van der Waals surface area (Å²) in [4.78, 5) is 28.7. The van der Waals surface area contributed by atoms with Crippen LogP contribution < -0.4 is 9.47 Å². The van der Waals surface area contributed by atoms with E-state index in [0.29, 0.717) is 37.6 Å². The van der Waals surface area contributed by atoms with Crippen molar-refractivity contribution in [2.75, 3.05) is 40.4 Å². The van der Waals surface area contributed by atoms with E-state index >= 15 is 0 Å². The lowest BCUT2D eigenvalue weighted by Crippen LogP contribution is -2.38. The molecule has 1 aromatic rings. The number of hydrogen-bond acceptors (Lipinski definition) is 4. The van der Waals surface area contributed by atoms with Gasteiger partial charge in [0.15, 0.2) is 0 Å². The lowest BCUT2D eigenvalue weighted by molar-refractivity contribution is -0.134. The first-order valence-corrected chi connectivity index (χ1v) is 8.90. The molecule has 0 bridgehead atoms.